The van der Waals surface area contributed by atoms with E-state index in [1.165, 1.54) is 12.1 Å². The van der Waals surface area contributed by atoms with E-state index < -0.39 is 15.7 Å². The van der Waals surface area contributed by atoms with Crippen molar-refractivity contribution < 1.29 is 17.3 Å². The molecule has 1 aromatic heterocycles. The summed E-state index contributed by atoms with van der Waals surface area (Å²) in [7, 11) is -2.95. The molecule has 22 heavy (non-hydrogen) atoms. The SMILES string of the molecule is O=S1(=O)CCCC(Cc2nc(-c3cc(F)cc(Br)c3)no2)C1. The lowest BCUT2D eigenvalue weighted by atomic mass is 10.0. The van der Waals surface area contributed by atoms with Crippen LogP contribution in [-0.4, -0.2) is 30.1 Å². The Labute approximate surface area is 136 Å². The zero-order valence-corrected chi connectivity index (χ0v) is 14.0. The van der Waals surface area contributed by atoms with Gasteiger partial charge >= 0.3 is 0 Å². The van der Waals surface area contributed by atoms with Gasteiger partial charge in [-0.15, -0.1) is 0 Å². The van der Waals surface area contributed by atoms with E-state index in [9.17, 15) is 12.8 Å². The molecular weight excluding hydrogens is 375 g/mol. The number of sulfone groups is 1. The van der Waals surface area contributed by atoms with Crippen molar-refractivity contribution in [1.82, 2.24) is 10.1 Å². The van der Waals surface area contributed by atoms with E-state index in [2.05, 4.69) is 26.1 Å². The number of hydrogen-bond acceptors (Lipinski definition) is 5. The zero-order chi connectivity index (χ0) is 15.7. The number of rotatable bonds is 3. The molecule has 0 saturated carbocycles. The molecule has 1 aliphatic heterocycles. The van der Waals surface area contributed by atoms with Gasteiger partial charge in [-0.2, -0.15) is 4.98 Å². The summed E-state index contributed by atoms with van der Waals surface area (Å²) in [5, 5.41) is 3.85. The van der Waals surface area contributed by atoms with Crippen molar-refractivity contribution in [1.29, 1.82) is 0 Å². The lowest BCUT2D eigenvalue weighted by Gasteiger charge is -2.19. The molecule has 2 aromatic rings. The summed E-state index contributed by atoms with van der Waals surface area (Å²) < 4.78 is 42.4. The first-order valence-corrected chi connectivity index (χ1v) is 9.52. The quantitative estimate of drug-likeness (QED) is 0.807. The number of halogens is 2. The van der Waals surface area contributed by atoms with Crippen LogP contribution < -0.4 is 0 Å². The molecule has 1 aromatic carbocycles. The molecule has 1 aliphatic rings. The van der Waals surface area contributed by atoms with Crippen molar-refractivity contribution in [3.63, 3.8) is 0 Å². The Morgan fingerprint density at radius 1 is 1.36 bits per heavy atom. The molecule has 3 rings (SSSR count). The predicted molar refractivity (Wildman–Crippen MR) is 82.5 cm³/mol. The maximum absolute atomic E-state index is 13.4. The topological polar surface area (TPSA) is 73.1 Å². The lowest BCUT2D eigenvalue weighted by molar-refractivity contribution is 0.350. The highest BCUT2D eigenvalue weighted by molar-refractivity contribution is 9.10. The van der Waals surface area contributed by atoms with Crippen LogP contribution in [0.1, 0.15) is 18.7 Å². The minimum atomic E-state index is -2.95. The largest absolute Gasteiger partial charge is 0.339 e. The summed E-state index contributed by atoms with van der Waals surface area (Å²) in [6.45, 7) is 0. The van der Waals surface area contributed by atoms with Gasteiger partial charge in [0.25, 0.3) is 0 Å². The van der Waals surface area contributed by atoms with E-state index in [0.29, 0.717) is 34.6 Å². The van der Waals surface area contributed by atoms with Crippen molar-refractivity contribution in [3.05, 3.63) is 34.4 Å². The highest BCUT2D eigenvalue weighted by atomic mass is 79.9. The third-order valence-corrected chi connectivity index (χ3v) is 5.96. The second-order valence-corrected chi connectivity index (χ2v) is 8.64. The summed E-state index contributed by atoms with van der Waals surface area (Å²) >= 11 is 3.22. The smallest absolute Gasteiger partial charge is 0.227 e. The Hall–Kier alpha value is -1.28. The third-order valence-electron chi connectivity index (χ3n) is 3.61. The van der Waals surface area contributed by atoms with Crippen molar-refractivity contribution in [3.8, 4) is 11.4 Å². The highest BCUT2D eigenvalue weighted by Gasteiger charge is 2.26. The van der Waals surface area contributed by atoms with Crippen LogP contribution in [0.5, 0.6) is 0 Å². The number of nitrogens with zero attached hydrogens (tertiary/aromatic N) is 2. The normalized spacial score (nSPS) is 20.9. The minimum Gasteiger partial charge on any atom is -0.339 e. The van der Waals surface area contributed by atoms with Gasteiger partial charge in [0.15, 0.2) is 9.84 Å². The van der Waals surface area contributed by atoms with Crippen molar-refractivity contribution in [2.75, 3.05) is 11.5 Å². The molecule has 1 saturated heterocycles. The van der Waals surface area contributed by atoms with Crippen LogP contribution in [0.25, 0.3) is 11.4 Å². The first kappa shape index (κ1) is 15.6. The van der Waals surface area contributed by atoms with Crippen molar-refractivity contribution >= 4 is 25.8 Å². The molecule has 0 spiro atoms. The third kappa shape index (κ3) is 3.73. The molecule has 1 fully saturated rings. The Bertz CT molecular complexity index is 771. The Morgan fingerprint density at radius 3 is 2.91 bits per heavy atom. The molecule has 2 heterocycles. The number of benzene rings is 1. The molecule has 118 valence electrons. The van der Waals surface area contributed by atoms with Gasteiger partial charge in [0, 0.05) is 16.5 Å². The fourth-order valence-corrected chi connectivity index (χ4v) is 4.90. The average Bonchev–Trinajstić information content (AvgIpc) is 2.85. The highest BCUT2D eigenvalue weighted by Crippen LogP contribution is 2.25. The van der Waals surface area contributed by atoms with Crippen LogP contribution in [0.2, 0.25) is 0 Å². The van der Waals surface area contributed by atoms with Gasteiger partial charge in [-0.3, -0.25) is 0 Å². The van der Waals surface area contributed by atoms with Crippen LogP contribution >= 0.6 is 15.9 Å². The zero-order valence-electron chi connectivity index (χ0n) is 11.6. The standard InChI is InChI=1S/C14H14BrFN2O3S/c15-11-5-10(6-12(16)7-11)14-17-13(21-18-14)4-9-2-1-3-22(19,20)8-9/h5-7,9H,1-4,8H2. The average molecular weight is 389 g/mol. The summed E-state index contributed by atoms with van der Waals surface area (Å²) in [5.74, 6) is 0.721. The molecule has 0 N–H and O–H groups in total. The monoisotopic (exact) mass is 388 g/mol. The van der Waals surface area contributed by atoms with Crippen LogP contribution in [0, 0.1) is 11.7 Å². The van der Waals surface area contributed by atoms with Gasteiger partial charge < -0.3 is 4.52 Å². The summed E-state index contributed by atoms with van der Waals surface area (Å²) in [6.07, 6.45) is 1.94. The van der Waals surface area contributed by atoms with E-state index in [0.717, 1.165) is 6.42 Å². The van der Waals surface area contributed by atoms with E-state index in [4.69, 9.17) is 4.52 Å². The fraction of sp³-hybridized carbons (Fsp3) is 0.429. The van der Waals surface area contributed by atoms with Crippen molar-refractivity contribution in [2.24, 2.45) is 5.92 Å². The van der Waals surface area contributed by atoms with E-state index >= 15 is 0 Å². The summed E-state index contributed by atoms with van der Waals surface area (Å²) in [4.78, 5) is 4.24. The first-order valence-electron chi connectivity index (χ1n) is 6.91. The fourth-order valence-electron chi connectivity index (χ4n) is 2.66. The minimum absolute atomic E-state index is 0.00583. The molecular formula is C14H14BrFN2O3S. The Kier molecular flexibility index (Phi) is 4.31. The van der Waals surface area contributed by atoms with Gasteiger partial charge in [-0.05, 0) is 37.0 Å². The van der Waals surface area contributed by atoms with Crippen LogP contribution in [-0.2, 0) is 16.3 Å². The van der Waals surface area contributed by atoms with E-state index in [1.54, 1.807) is 6.07 Å². The van der Waals surface area contributed by atoms with Crippen LogP contribution in [0.3, 0.4) is 0 Å². The van der Waals surface area contributed by atoms with Gasteiger partial charge in [0.1, 0.15) is 5.82 Å². The predicted octanol–water partition coefficient (Wildman–Crippen LogP) is 3.01. The summed E-state index contributed by atoms with van der Waals surface area (Å²) in [5.41, 5.74) is 0.512. The van der Waals surface area contributed by atoms with Gasteiger partial charge in [0.2, 0.25) is 11.7 Å². The van der Waals surface area contributed by atoms with E-state index in [-0.39, 0.29) is 17.4 Å². The van der Waals surface area contributed by atoms with Gasteiger partial charge in [0.05, 0.1) is 11.5 Å². The number of aromatic nitrogens is 2. The summed E-state index contributed by atoms with van der Waals surface area (Å²) in [6, 6.07) is 4.37. The maximum Gasteiger partial charge on any atom is 0.227 e. The molecule has 0 aliphatic carbocycles. The molecule has 1 unspecified atom stereocenters. The number of hydrogen-bond donors (Lipinski definition) is 0. The van der Waals surface area contributed by atoms with Gasteiger partial charge in [-0.25, -0.2) is 12.8 Å². The first-order chi connectivity index (χ1) is 10.4. The van der Waals surface area contributed by atoms with Crippen molar-refractivity contribution in [2.45, 2.75) is 19.3 Å². The van der Waals surface area contributed by atoms with Gasteiger partial charge in [-0.1, -0.05) is 21.1 Å². The Balaban J connectivity index is 1.76. The second-order valence-electron chi connectivity index (χ2n) is 5.50. The molecule has 0 bridgehead atoms. The Morgan fingerprint density at radius 2 is 2.18 bits per heavy atom. The second kappa shape index (κ2) is 6.08. The van der Waals surface area contributed by atoms with Crippen LogP contribution in [0.15, 0.2) is 27.2 Å². The molecule has 8 heteroatoms. The molecule has 1 atom stereocenters. The maximum atomic E-state index is 13.4. The lowest BCUT2D eigenvalue weighted by Crippen LogP contribution is -2.26. The molecule has 0 radical (unpaired) electrons. The molecule has 5 nitrogen and oxygen atoms in total. The van der Waals surface area contributed by atoms with E-state index in [1.807, 2.05) is 0 Å². The molecule has 0 amide bonds. The van der Waals surface area contributed by atoms with Crippen LogP contribution in [0.4, 0.5) is 4.39 Å².